The van der Waals surface area contributed by atoms with Crippen LogP contribution < -0.4 is 5.32 Å². The smallest absolute Gasteiger partial charge is 0.0722 e. The van der Waals surface area contributed by atoms with E-state index >= 15 is 0 Å². The van der Waals surface area contributed by atoms with Crippen molar-refractivity contribution in [1.29, 1.82) is 0 Å². The average molecular weight is 303 g/mol. The topological polar surface area (TPSA) is 30.5 Å². The van der Waals surface area contributed by atoms with Crippen molar-refractivity contribution in [3.05, 3.63) is 34.4 Å². The molecule has 0 bridgehead atoms. The van der Waals surface area contributed by atoms with Gasteiger partial charge in [-0.05, 0) is 46.4 Å². The Kier molecular flexibility index (Phi) is 4.58. The third-order valence-electron chi connectivity index (χ3n) is 5.00. The molecule has 1 unspecified atom stereocenters. The summed E-state index contributed by atoms with van der Waals surface area (Å²) in [6.45, 7) is 10.4. The molecule has 0 saturated carbocycles. The van der Waals surface area contributed by atoms with Gasteiger partial charge in [-0.1, -0.05) is 32.9 Å². The molecule has 2 heterocycles. The zero-order valence-corrected chi connectivity index (χ0v) is 14.4. The number of nitrogens with one attached hydrogen (secondary N) is 1. The van der Waals surface area contributed by atoms with Crippen molar-refractivity contribution in [1.82, 2.24) is 5.32 Å². The molecule has 2 aliphatic rings. The Labute approximate surface area is 134 Å². The van der Waals surface area contributed by atoms with E-state index in [2.05, 4.69) is 38.2 Å². The molecule has 1 aromatic carbocycles. The molecule has 0 amide bonds. The molecule has 2 atom stereocenters. The maximum Gasteiger partial charge on any atom is 0.0722 e. The Morgan fingerprint density at radius 1 is 1.32 bits per heavy atom. The minimum Gasteiger partial charge on any atom is -0.384 e. The normalized spacial score (nSPS) is 25.3. The van der Waals surface area contributed by atoms with Crippen LogP contribution in [-0.2, 0) is 27.9 Å². The highest BCUT2D eigenvalue weighted by Gasteiger charge is 2.30. The first-order chi connectivity index (χ1) is 10.5. The predicted molar refractivity (Wildman–Crippen MR) is 89.2 cm³/mol. The first-order valence-corrected chi connectivity index (χ1v) is 8.45. The van der Waals surface area contributed by atoms with Crippen molar-refractivity contribution >= 4 is 0 Å². The van der Waals surface area contributed by atoms with Crippen LogP contribution in [0.3, 0.4) is 0 Å². The molecular weight excluding hydrogens is 274 g/mol. The highest BCUT2D eigenvalue weighted by molar-refractivity contribution is 5.44. The second kappa shape index (κ2) is 6.31. The number of benzene rings is 1. The minimum absolute atomic E-state index is 0.187. The summed E-state index contributed by atoms with van der Waals surface area (Å²) in [6.07, 6.45) is 2.20. The maximum absolute atomic E-state index is 5.74. The van der Waals surface area contributed by atoms with E-state index in [1.54, 1.807) is 7.11 Å². The average Bonchev–Trinajstić information content (AvgIpc) is 2.94. The molecule has 0 radical (unpaired) electrons. The monoisotopic (exact) mass is 303 g/mol. The van der Waals surface area contributed by atoms with Crippen LogP contribution in [0, 0.1) is 5.92 Å². The van der Waals surface area contributed by atoms with Gasteiger partial charge >= 0.3 is 0 Å². The molecule has 0 spiro atoms. The second-order valence-corrected chi connectivity index (χ2v) is 7.77. The van der Waals surface area contributed by atoms with E-state index in [4.69, 9.17) is 9.47 Å². The van der Waals surface area contributed by atoms with Crippen LogP contribution in [-0.4, -0.2) is 26.9 Å². The lowest BCUT2D eigenvalue weighted by Gasteiger charge is -2.28. The summed E-state index contributed by atoms with van der Waals surface area (Å²) < 4.78 is 11.1. The summed E-state index contributed by atoms with van der Waals surface area (Å²) in [6, 6.07) is 5.27. The highest BCUT2D eigenvalue weighted by atomic mass is 16.5. The largest absolute Gasteiger partial charge is 0.384 e. The van der Waals surface area contributed by atoms with Gasteiger partial charge in [-0.3, -0.25) is 0 Å². The Morgan fingerprint density at radius 2 is 2.14 bits per heavy atom. The van der Waals surface area contributed by atoms with Crippen LogP contribution in [0.5, 0.6) is 0 Å². The summed E-state index contributed by atoms with van der Waals surface area (Å²) >= 11 is 0. The van der Waals surface area contributed by atoms with Gasteiger partial charge < -0.3 is 14.8 Å². The molecular formula is C19H29NO2. The SMILES string of the molecule is COCC1CN[C@H](c2cc(C(C)(C)C)cc3c2COCC3)C1. The number of ether oxygens (including phenoxy) is 2. The molecule has 3 nitrogen and oxygen atoms in total. The fourth-order valence-corrected chi connectivity index (χ4v) is 3.66. The van der Waals surface area contributed by atoms with Crippen molar-refractivity contribution in [2.45, 2.75) is 51.7 Å². The molecule has 1 aromatic rings. The van der Waals surface area contributed by atoms with Crippen LogP contribution in [0.2, 0.25) is 0 Å². The molecule has 1 N–H and O–H groups in total. The van der Waals surface area contributed by atoms with E-state index in [0.29, 0.717) is 12.0 Å². The third-order valence-corrected chi connectivity index (χ3v) is 5.00. The van der Waals surface area contributed by atoms with Gasteiger partial charge in [0.15, 0.2) is 0 Å². The molecule has 1 saturated heterocycles. The van der Waals surface area contributed by atoms with Crippen LogP contribution in [0.25, 0.3) is 0 Å². The first-order valence-electron chi connectivity index (χ1n) is 8.45. The Balaban J connectivity index is 1.95. The highest BCUT2D eigenvalue weighted by Crippen LogP contribution is 2.36. The lowest BCUT2D eigenvalue weighted by Crippen LogP contribution is -2.22. The minimum atomic E-state index is 0.187. The summed E-state index contributed by atoms with van der Waals surface area (Å²) in [5.74, 6) is 0.619. The van der Waals surface area contributed by atoms with Crippen LogP contribution in [0.4, 0.5) is 0 Å². The fraction of sp³-hybridized carbons (Fsp3) is 0.684. The standard InChI is InChI=1S/C19H29NO2/c1-19(2,3)15-8-14-5-6-22-12-17(14)16(9-15)18-7-13(10-20-18)11-21-4/h8-9,13,18,20H,5-7,10-12H2,1-4H3/t13?,18-/m0/s1. The van der Waals surface area contributed by atoms with Gasteiger partial charge in [-0.15, -0.1) is 0 Å². The molecule has 0 aromatic heterocycles. The van der Waals surface area contributed by atoms with Crippen molar-refractivity contribution in [3.63, 3.8) is 0 Å². The number of rotatable bonds is 3. The molecule has 0 aliphatic carbocycles. The molecule has 22 heavy (non-hydrogen) atoms. The van der Waals surface area contributed by atoms with Gasteiger partial charge in [0.05, 0.1) is 19.8 Å². The van der Waals surface area contributed by atoms with E-state index in [1.165, 1.54) is 22.3 Å². The Hall–Kier alpha value is -0.900. The molecule has 2 aliphatic heterocycles. The number of fused-ring (bicyclic) bond motifs is 1. The van der Waals surface area contributed by atoms with Gasteiger partial charge in [0.25, 0.3) is 0 Å². The number of methoxy groups -OCH3 is 1. The van der Waals surface area contributed by atoms with E-state index < -0.39 is 0 Å². The predicted octanol–water partition coefficient (Wildman–Crippen LogP) is 3.35. The zero-order chi connectivity index (χ0) is 15.7. The summed E-state index contributed by atoms with van der Waals surface area (Å²) in [5.41, 5.74) is 6.01. The van der Waals surface area contributed by atoms with E-state index in [9.17, 15) is 0 Å². The molecule has 3 heteroatoms. The van der Waals surface area contributed by atoms with Crippen LogP contribution in [0.15, 0.2) is 12.1 Å². The van der Waals surface area contributed by atoms with Crippen LogP contribution >= 0.6 is 0 Å². The fourth-order valence-electron chi connectivity index (χ4n) is 3.66. The molecule has 1 fully saturated rings. The number of hydrogen-bond donors (Lipinski definition) is 1. The molecule has 3 rings (SSSR count). The van der Waals surface area contributed by atoms with Crippen molar-refractivity contribution in [2.24, 2.45) is 5.92 Å². The second-order valence-electron chi connectivity index (χ2n) is 7.77. The Morgan fingerprint density at radius 3 is 2.86 bits per heavy atom. The van der Waals surface area contributed by atoms with Gasteiger partial charge in [0.2, 0.25) is 0 Å². The van der Waals surface area contributed by atoms with Crippen molar-refractivity contribution in [2.75, 3.05) is 26.9 Å². The van der Waals surface area contributed by atoms with Gasteiger partial charge in [0.1, 0.15) is 0 Å². The lowest BCUT2D eigenvalue weighted by atomic mass is 9.81. The van der Waals surface area contributed by atoms with E-state index in [1.807, 2.05) is 0 Å². The van der Waals surface area contributed by atoms with E-state index in [-0.39, 0.29) is 5.41 Å². The third kappa shape index (κ3) is 3.22. The quantitative estimate of drug-likeness (QED) is 0.929. The van der Waals surface area contributed by atoms with Crippen LogP contribution in [0.1, 0.15) is 55.5 Å². The van der Waals surface area contributed by atoms with E-state index in [0.717, 1.165) is 39.2 Å². The molecule has 122 valence electrons. The van der Waals surface area contributed by atoms with Crippen molar-refractivity contribution in [3.8, 4) is 0 Å². The van der Waals surface area contributed by atoms with Crippen molar-refractivity contribution < 1.29 is 9.47 Å². The first kappa shape index (κ1) is 16.0. The zero-order valence-electron chi connectivity index (χ0n) is 14.4. The number of hydrogen-bond acceptors (Lipinski definition) is 3. The summed E-state index contributed by atoms with van der Waals surface area (Å²) in [7, 11) is 1.79. The summed E-state index contributed by atoms with van der Waals surface area (Å²) in [4.78, 5) is 0. The van der Waals surface area contributed by atoms with Gasteiger partial charge in [0, 0.05) is 19.7 Å². The Bertz CT molecular complexity index is 533. The van der Waals surface area contributed by atoms with Gasteiger partial charge in [-0.25, -0.2) is 0 Å². The lowest BCUT2D eigenvalue weighted by molar-refractivity contribution is 0.109. The van der Waals surface area contributed by atoms with Gasteiger partial charge in [-0.2, -0.15) is 0 Å². The maximum atomic E-state index is 5.74. The summed E-state index contributed by atoms with van der Waals surface area (Å²) in [5, 5.41) is 3.70.